The second-order valence-electron chi connectivity index (χ2n) is 5.99. The Morgan fingerprint density at radius 2 is 1.33 bits per heavy atom. The summed E-state index contributed by atoms with van der Waals surface area (Å²) in [4.78, 5) is 0. The Balaban J connectivity index is 1.94. The Morgan fingerprint density at radius 1 is 0.857 bits per heavy atom. The van der Waals surface area contributed by atoms with E-state index in [0.29, 0.717) is 5.92 Å². The molecule has 0 atom stereocenters. The van der Waals surface area contributed by atoms with Crippen molar-refractivity contribution in [2.75, 3.05) is 13.1 Å². The fraction of sp³-hybridized carbons (Fsp3) is 0.368. The quantitative estimate of drug-likeness (QED) is 0.901. The molecule has 110 valence electrons. The van der Waals surface area contributed by atoms with Crippen molar-refractivity contribution in [3.63, 3.8) is 0 Å². The summed E-state index contributed by atoms with van der Waals surface area (Å²) in [5.41, 5.74) is 1.11. The van der Waals surface area contributed by atoms with Gasteiger partial charge < -0.3 is 10.4 Å². The lowest BCUT2D eigenvalue weighted by Crippen LogP contribution is -2.35. The normalized spacial score (nSPS) is 16.8. The van der Waals surface area contributed by atoms with Gasteiger partial charge in [-0.1, -0.05) is 60.7 Å². The predicted molar refractivity (Wildman–Crippen MR) is 86.1 cm³/mol. The van der Waals surface area contributed by atoms with Crippen LogP contribution in [-0.4, -0.2) is 18.2 Å². The maximum absolute atomic E-state index is 11.5. The Labute approximate surface area is 126 Å². The van der Waals surface area contributed by atoms with Crippen molar-refractivity contribution in [1.29, 1.82) is 0 Å². The third-order valence-electron chi connectivity index (χ3n) is 4.55. The molecule has 1 saturated heterocycles. The van der Waals surface area contributed by atoms with Crippen molar-refractivity contribution in [2.24, 2.45) is 5.92 Å². The van der Waals surface area contributed by atoms with Gasteiger partial charge in [0.1, 0.15) is 5.60 Å². The SMILES string of the molecule is OC(CC1CCNCC1)(c1ccccc1)c1ccccc1. The number of nitrogens with one attached hydrogen (secondary N) is 1. The smallest absolute Gasteiger partial charge is 0.115 e. The van der Waals surface area contributed by atoms with E-state index in [1.165, 1.54) is 0 Å². The maximum atomic E-state index is 11.5. The summed E-state index contributed by atoms with van der Waals surface area (Å²) in [5, 5.41) is 14.9. The molecule has 0 spiro atoms. The molecule has 0 unspecified atom stereocenters. The lowest BCUT2D eigenvalue weighted by molar-refractivity contribution is 0.0465. The van der Waals surface area contributed by atoms with E-state index >= 15 is 0 Å². The van der Waals surface area contributed by atoms with Crippen molar-refractivity contribution < 1.29 is 5.11 Å². The van der Waals surface area contributed by atoms with Crippen LogP contribution in [0.5, 0.6) is 0 Å². The average Bonchev–Trinajstić information content (AvgIpc) is 2.57. The fourth-order valence-corrected chi connectivity index (χ4v) is 3.33. The fourth-order valence-electron chi connectivity index (χ4n) is 3.33. The topological polar surface area (TPSA) is 32.3 Å². The molecule has 2 aromatic carbocycles. The van der Waals surface area contributed by atoms with Crippen molar-refractivity contribution in [3.8, 4) is 0 Å². The zero-order valence-electron chi connectivity index (χ0n) is 12.3. The molecule has 0 radical (unpaired) electrons. The van der Waals surface area contributed by atoms with Crippen LogP contribution >= 0.6 is 0 Å². The predicted octanol–water partition coefficient (Wildman–Crippen LogP) is 3.31. The maximum Gasteiger partial charge on any atom is 0.115 e. The molecule has 2 heteroatoms. The first-order valence-electron chi connectivity index (χ1n) is 7.83. The van der Waals surface area contributed by atoms with Crippen LogP contribution in [0, 0.1) is 5.92 Å². The first kappa shape index (κ1) is 14.3. The van der Waals surface area contributed by atoms with Crippen LogP contribution in [0.25, 0.3) is 0 Å². The Morgan fingerprint density at radius 3 is 1.81 bits per heavy atom. The number of benzene rings is 2. The van der Waals surface area contributed by atoms with Gasteiger partial charge in [0.05, 0.1) is 0 Å². The third-order valence-corrected chi connectivity index (χ3v) is 4.55. The van der Waals surface area contributed by atoms with Gasteiger partial charge in [-0.15, -0.1) is 0 Å². The van der Waals surface area contributed by atoms with E-state index < -0.39 is 5.60 Å². The molecule has 0 bridgehead atoms. The molecular weight excluding hydrogens is 258 g/mol. The summed E-state index contributed by atoms with van der Waals surface area (Å²) >= 11 is 0. The minimum Gasteiger partial charge on any atom is -0.380 e. The largest absolute Gasteiger partial charge is 0.380 e. The van der Waals surface area contributed by atoms with Crippen molar-refractivity contribution in [3.05, 3.63) is 71.8 Å². The van der Waals surface area contributed by atoms with Gasteiger partial charge in [-0.2, -0.15) is 0 Å². The Hall–Kier alpha value is -1.64. The molecule has 0 saturated carbocycles. The molecule has 1 fully saturated rings. The molecule has 0 aliphatic carbocycles. The second-order valence-corrected chi connectivity index (χ2v) is 5.99. The van der Waals surface area contributed by atoms with Crippen molar-refractivity contribution >= 4 is 0 Å². The zero-order chi connectivity index (χ0) is 14.5. The highest BCUT2D eigenvalue weighted by Crippen LogP contribution is 2.37. The van der Waals surface area contributed by atoms with Crippen LogP contribution in [0.2, 0.25) is 0 Å². The third kappa shape index (κ3) is 3.17. The summed E-state index contributed by atoms with van der Waals surface area (Å²) in [6, 6.07) is 20.2. The van der Waals surface area contributed by atoms with E-state index in [1.807, 2.05) is 60.7 Å². The van der Waals surface area contributed by atoms with E-state index in [1.54, 1.807) is 0 Å². The van der Waals surface area contributed by atoms with Crippen molar-refractivity contribution in [1.82, 2.24) is 5.32 Å². The summed E-state index contributed by atoms with van der Waals surface area (Å²) in [5.74, 6) is 0.566. The Bertz CT molecular complexity index is 507. The molecule has 1 aliphatic rings. The van der Waals surface area contributed by atoms with Gasteiger partial charge in [0.25, 0.3) is 0 Å². The van der Waals surface area contributed by atoms with Crippen LogP contribution in [0.15, 0.2) is 60.7 Å². The summed E-state index contributed by atoms with van der Waals surface area (Å²) in [6.45, 7) is 2.12. The van der Waals surface area contributed by atoms with Gasteiger partial charge in [0.15, 0.2) is 0 Å². The molecule has 1 heterocycles. The van der Waals surface area contributed by atoms with E-state index in [-0.39, 0.29) is 0 Å². The zero-order valence-corrected chi connectivity index (χ0v) is 12.3. The first-order valence-corrected chi connectivity index (χ1v) is 7.83. The summed E-state index contributed by atoms with van der Waals surface area (Å²) < 4.78 is 0. The van der Waals surface area contributed by atoms with Crippen LogP contribution in [0.1, 0.15) is 30.4 Å². The minimum atomic E-state index is -0.884. The van der Waals surface area contributed by atoms with E-state index in [4.69, 9.17) is 0 Å². The summed E-state index contributed by atoms with van der Waals surface area (Å²) in [7, 11) is 0. The van der Waals surface area contributed by atoms with Crippen LogP contribution < -0.4 is 5.32 Å². The molecule has 2 aromatic rings. The van der Waals surface area contributed by atoms with Gasteiger partial charge in [0, 0.05) is 0 Å². The minimum absolute atomic E-state index is 0.566. The number of hydrogen-bond donors (Lipinski definition) is 2. The van der Waals surface area contributed by atoms with E-state index in [9.17, 15) is 5.11 Å². The molecule has 3 rings (SSSR count). The monoisotopic (exact) mass is 281 g/mol. The molecule has 21 heavy (non-hydrogen) atoms. The number of rotatable bonds is 4. The second kappa shape index (κ2) is 6.42. The van der Waals surface area contributed by atoms with Gasteiger partial charge in [-0.05, 0) is 49.4 Å². The van der Waals surface area contributed by atoms with Crippen LogP contribution in [-0.2, 0) is 5.60 Å². The number of aliphatic hydroxyl groups is 1. The number of piperidine rings is 1. The number of hydrogen-bond acceptors (Lipinski definition) is 2. The Kier molecular flexibility index (Phi) is 4.37. The average molecular weight is 281 g/mol. The lowest BCUT2D eigenvalue weighted by Gasteiger charge is -2.35. The highest BCUT2D eigenvalue weighted by molar-refractivity contribution is 5.35. The molecular formula is C19H23NO. The van der Waals surface area contributed by atoms with Gasteiger partial charge in [-0.3, -0.25) is 0 Å². The van der Waals surface area contributed by atoms with Crippen LogP contribution in [0.3, 0.4) is 0 Å². The molecule has 1 aliphatic heterocycles. The summed E-state index contributed by atoms with van der Waals surface area (Å²) in [6.07, 6.45) is 3.08. The highest BCUT2D eigenvalue weighted by atomic mass is 16.3. The van der Waals surface area contributed by atoms with Crippen molar-refractivity contribution in [2.45, 2.75) is 24.9 Å². The standard InChI is InChI=1S/C19H23NO/c21-19(17-7-3-1-4-8-17,18-9-5-2-6-10-18)15-16-11-13-20-14-12-16/h1-10,16,20-21H,11-15H2. The lowest BCUT2D eigenvalue weighted by atomic mass is 9.77. The van der Waals surface area contributed by atoms with Gasteiger partial charge >= 0.3 is 0 Å². The molecule has 0 aromatic heterocycles. The van der Waals surface area contributed by atoms with Gasteiger partial charge in [0.2, 0.25) is 0 Å². The first-order chi connectivity index (χ1) is 10.3. The molecule has 0 amide bonds. The van der Waals surface area contributed by atoms with Crippen LogP contribution in [0.4, 0.5) is 0 Å². The van der Waals surface area contributed by atoms with Gasteiger partial charge in [-0.25, -0.2) is 0 Å². The van der Waals surface area contributed by atoms with E-state index in [2.05, 4.69) is 5.32 Å². The molecule has 2 N–H and O–H groups in total. The van der Waals surface area contributed by atoms with E-state index in [0.717, 1.165) is 43.5 Å². The molecule has 2 nitrogen and oxygen atoms in total. The highest BCUT2D eigenvalue weighted by Gasteiger charge is 2.34.